The van der Waals surface area contributed by atoms with Gasteiger partial charge in [0.1, 0.15) is 0 Å². The van der Waals surface area contributed by atoms with E-state index in [4.69, 9.17) is 5.11 Å². The fraction of sp³-hybridized carbons (Fsp3) is 0.538. The molecule has 1 aliphatic heterocycles. The number of para-hydroxylation sites is 1. The van der Waals surface area contributed by atoms with E-state index >= 15 is 0 Å². The molecule has 1 N–H and O–H groups in total. The highest BCUT2D eigenvalue weighted by Crippen LogP contribution is 2.28. The van der Waals surface area contributed by atoms with Crippen molar-refractivity contribution in [3.8, 4) is 0 Å². The number of piperazine rings is 1. The molecule has 1 fully saturated rings. The van der Waals surface area contributed by atoms with Gasteiger partial charge in [0.05, 0.1) is 12.3 Å². The van der Waals surface area contributed by atoms with Gasteiger partial charge in [0.25, 0.3) is 0 Å². The summed E-state index contributed by atoms with van der Waals surface area (Å²) < 4.78 is 0. The summed E-state index contributed by atoms with van der Waals surface area (Å²) >= 11 is 1.80. The summed E-state index contributed by atoms with van der Waals surface area (Å²) in [5, 5.41) is 8.93. The van der Waals surface area contributed by atoms with Crippen molar-refractivity contribution in [3.63, 3.8) is 0 Å². The van der Waals surface area contributed by atoms with E-state index in [0.29, 0.717) is 0 Å². The molecule has 102 valence electrons. The number of hydrogen-bond acceptors (Lipinski definition) is 4. The SMILES string of the molecule is CSc1ccccc1N1CCN(CCO)CC1.Cl. The minimum atomic E-state index is 0. The standard InChI is InChI=1S/C13H20N2OS.ClH/c1-17-13-5-3-2-4-12(13)15-8-6-14(7-9-15)10-11-16;/h2-5,16H,6-11H2,1H3;1H. The number of aliphatic hydroxyl groups is 1. The minimum absolute atomic E-state index is 0. The lowest BCUT2D eigenvalue weighted by molar-refractivity contribution is 0.188. The van der Waals surface area contributed by atoms with Crippen molar-refractivity contribution in [2.24, 2.45) is 0 Å². The lowest BCUT2D eigenvalue weighted by Gasteiger charge is -2.36. The average molecular weight is 289 g/mol. The zero-order valence-corrected chi connectivity index (χ0v) is 12.3. The zero-order chi connectivity index (χ0) is 12.1. The molecule has 0 unspecified atom stereocenters. The Labute approximate surface area is 120 Å². The second-order valence-corrected chi connectivity index (χ2v) is 5.07. The molecule has 0 radical (unpaired) electrons. The largest absolute Gasteiger partial charge is 0.395 e. The first kappa shape index (κ1) is 15.6. The van der Waals surface area contributed by atoms with Crippen LogP contribution in [0.3, 0.4) is 0 Å². The fourth-order valence-electron chi connectivity index (χ4n) is 2.24. The molecule has 5 heteroatoms. The molecule has 0 amide bonds. The van der Waals surface area contributed by atoms with Crippen LogP contribution in [0.25, 0.3) is 0 Å². The van der Waals surface area contributed by atoms with Crippen LogP contribution in [0.5, 0.6) is 0 Å². The predicted octanol–water partition coefficient (Wildman–Crippen LogP) is 1.94. The summed E-state index contributed by atoms with van der Waals surface area (Å²) in [6.45, 7) is 5.26. The molecule has 0 aromatic heterocycles. The van der Waals surface area contributed by atoms with Crippen LogP contribution in [0.4, 0.5) is 5.69 Å². The van der Waals surface area contributed by atoms with Crippen LogP contribution in [0.15, 0.2) is 29.2 Å². The van der Waals surface area contributed by atoms with Crippen LogP contribution in [-0.2, 0) is 0 Å². The zero-order valence-electron chi connectivity index (χ0n) is 10.7. The van der Waals surface area contributed by atoms with Crippen molar-refractivity contribution in [1.29, 1.82) is 0 Å². The Hall–Kier alpha value is -0.420. The number of benzene rings is 1. The highest BCUT2D eigenvalue weighted by atomic mass is 35.5. The Morgan fingerprint density at radius 1 is 1.17 bits per heavy atom. The van der Waals surface area contributed by atoms with Crippen LogP contribution >= 0.6 is 24.2 Å². The maximum atomic E-state index is 8.93. The predicted molar refractivity (Wildman–Crippen MR) is 81.2 cm³/mol. The molecule has 0 saturated carbocycles. The lowest BCUT2D eigenvalue weighted by atomic mass is 10.2. The van der Waals surface area contributed by atoms with Crippen molar-refractivity contribution >= 4 is 29.9 Å². The van der Waals surface area contributed by atoms with Crippen LogP contribution in [0.2, 0.25) is 0 Å². The normalized spacial score (nSPS) is 16.4. The number of nitrogens with zero attached hydrogens (tertiary/aromatic N) is 2. The minimum Gasteiger partial charge on any atom is -0.395 e. The van der Waals surface area contributed by atoms with Crippen LogP contribution in [-0.4, -0.2) is 55.6 Å². The number of halogens is 1. The third-order valence-electron chi connectivity index (χ3n) is 3.21. The molecule has 1 saturated heterocycles. The Morgan fingerprint density at radius 3 is 2.44 bits per heavy atom. The highest BCUT2D eigenvalue weighted by molar-refractivity contribution is 7.98. The molecule has 1 aliphatic rings. The highest BCUT2D eigenvalue weighted by Gasteiger charge is 2.18. The van der Waals surface area contributed by atoms with Gasteiger partial charge < -0.3 is 10.0 Å². The van der Waals surface area contributed by atoms with Gasteiger partial charge in [0, 0.05) is 37.6 Å². The Bertz CT molecular complexity index is 357. The van der Waals surface area contributed by atoms with Crippen molar-refractivity contribution in [1.82, 2.24) is 4.90 Å². The molecule has 1 aromatic rings. The fourth-order valence-corrected chi connectivity index (χ4v) is 2.87. The number of hydrogen-bond donors (Lipinski definition) is 1. The Balaban J connectivity index is 0.00000162. The number of anilines is 1. The van der Waals surface area contributed by atoms with E-state index in [1.54, 1.807) is 11.8 Å². The molecule has 1 heterocycles. The summed E-state index contributed by atoms with van der Waals surface area (Å²) in [5.74, 6) is 0. The quantitative estimate of drug-likeness (QED) is 0.857. The molecule has 2 rings (SSSR count). The Morgan fingerprint density at radius 2 is 1.83 bits per heavy atom. The van der Waals surface area contributed by atoms with E-state index < -0.39 is 0 Å². The first-order chi connectivity index (χ1) is 8.35. The second-order valence-electron chi connectivity index (χ2n) is 4.22. The van der Waals surface area contributed by atoms with Gasteiger partial charge in [-0.15, -0.1) is 24.2 Å². The molecular formula is C13H21ClN2OS. The van der Waals surface area contributed by atoms with Crippen LogP contribution in [0, 0.1) is 0 Å². The third kappa shape index (κ3) is 3.79. The topological polar surface area (TPSA) is 26.7 Å². The van der Waals surface area contributed by atoms with Crippen LogP contribution in [0.1, 0.15) is 0 Å². The number of thioether (sulfide) groups is 1. The second kappa shape index (κ2) is 7.89. The summed E-state index contributed by atoms with van der Waals surface area (Å²) in [6, 6.07) is 8.58. The lowest BCUT2D eigenvalue weighted by Crippen LogP contribution is -2.47. The van der Waals surface area contributed by atoms with E-state index in [1.165, 1.54) is 10.6 Å². The summed E-state index contributed by atoms with van der Waals surface area (Å²) in [4.78, 5) is 6.11. The molecule has 3 nitrogen and oxygen atoms in total. The molecule has 0 aliphatic carbocycles. The van der Waals surface area contributed by atoms with Crippen molar-refractivity contribution in [2.75, 3.05) is 50.5 Å². The van der Waals surface area contributed by atoms with Gasteiger partial charge in [0.15, 0.2) is 0 Å². The van der Waals surface area contributed by atoms with Gasteiger partial charge in [-0.2, -0.15) is 0 Å². The molecule has 1 aromatic carbocycles. The summed E-state index contributed by atoms with van der Waals surface area (Å²) in [6.07, 6.45) is 2.13. The van der Waals surface area contributed by atoms with E-state index in [0.717, 1.165) is 32.7 Å². The van der Waals surface area contributed by atoms with Gasteiger partial charge in [-0.3, -0.25) is 4.90 Å². The Kier molecular flexibility index (Phi) is 6.86. The molecular weight excluding hydrogens is 268 g/mol. The maximum Gasteiger partial charge on any atom is 0.0558 e. The van der Waals surface area contributed by atoms with Crippen LogP contribution < -0.4 is 4.90 Å². The van der Waals surface area contributed by atoms with Gasteiger partial charge in [-0.05, 0) is 18.4 Å². The molecule has 0 bridgehead atoms. The first-order valence-corrected chi connectivity index (χ1v) is 7.29. The monoisotopic (exact) mass is 288 g/mol. The molecule has 18 heavy (non-hydrogen) atoms. The molecule has 0 atom stereocenters. The summed E-state index contributed by atoms with van der Waals surface area (Å²) in [7, 11) is 0. The molecule has 0 spiro atoms. The van der Waals surface area contributed by atoms with Gasteiger partial charge >= 0.3 is 0 Å². The number of aliphatic hydroxyl groups excluding tert-OH is 1. The average Bonchev–Trinajstić information content (AvgIpc) is 2.40. The maximum absolute atomic E-state index is 8.93. The van der Waals surface area contributed by atoms with E-state index in [2.05, 4.69) is 40.3 Å². The summed E-state index contributed by atoms with van der Waals surface area (Å²) in [5.41, 5.74) is 1.35. The van der Waals surface area contributed by atoms with Gasteiger partial charge in [0.2, 0.25) is 0 Å². The van der Waals surface area contributed by atoms with Crippen molar-refractivity contribution in [3.05, 3.63) is 24.3 Å². The smallest absolute Gasteiger partial charge is 0.0558 e. The number of β-amino-alcohol motifs (C(OH)–C–C–N with tert-alkyl or cyclic N) is 1. The van der Waals surface area contributed by atoms with Gasteiger partial charge in [-0.1, -0.05) is 12.1 Å². The van der Waals surface area contributed by atoms with E-state index in [9.17, 15) is 0 Å². The third-order valence-corrected chi connectivity index (χ3v) is 4.00. The van der Waals surface area contributed by atoms with E-state index in [-0.39, 0.29) is 19.0 Å². The van der Waals surface area contributed by atoms with Crippen molar-refractivity contribution < 1.29 is 5.11 Å². The first-order valence-electron chi connectivity index (χ1n) is 6.06. The van der Waals surface area contributed by atoms with E-state index in [1.807, 2.05) is 0 Å². The van der Waals surface area contributed by atoms with Crippen molar-refractivity contribution in [2.45, 2.75) is 4.90 Å². The van der Waals surface area contributed by atoms with Gasteiger partial charge in [-0.25, -0.2) is 0 Å². The number of rotatable bonds is 4.